The summed E-state index contributed by atoms with van der Waals surface area (Å²) in [6, 6.07) is 0. The predicted molar refractivity (Wildman–Crippen MR) is 242 cm³/mol. The Balaban J connectivity index is 4.44. The molecule has 0 aliphatic carbocycles. The van der Waals surface area contributed by atoms with Crippen LogP contribution >= 0.6 is 0 Å². The summed E-state index contributed by atoms with van der Waals surface area (Å²) in [7, 11) is 0. The van der Waals surface area contributed by atoms with Crippen molar-refractivity contribution >= 4 is 17.9 Å². The Morgan fingerprint density at radius 2 is 0.684 bits per heavy atom. The highest BCUT2D eigenvalue weighted by Gasteiger charge is 2.19. The Hall–Kier alpha value is -2.89. The molecule has 0 amide bonds. The fourth-order valence-electron chi connectivity index (χ4n) is 6.48. The highest BCUT2D eigenvalue weighted by Crippen LogP contribution is 2.14. The number of ether oxygens (including phenoxy) is 3. The fraction of sp³-hybridized carbons (Fsp3) is 0.745. The first-order chi connectivity index (χ1) is 28.0. The number of unbranched alkanes of at least 4 members (excludes halogenated alkanes) is 21. The SMILES string of the molecule is CC/C=C/C/C=C/C/C=C/C/C=C/C/C=C/CCCC(=O)OCC(COC(=O)CCCCCCCCCCCCC)OC(=O)CCCCCCCCCCCCC. The van der Waals surface area contributed by atoms with Crippen LogP contribution in [-0.4, -0.2) is 37.2 Å². The number of carbonyl (C=O) groups is 3. The minimum atomic E-state index is -0.790. The third-order valence-electron chi connectivity index (χ3n) is 10.0. The summed E-state index contributed by atoms with van der Waals surface area (Å²) in [4.78, 5) is 37.7. The molecule has 0 bridgehead atoms. The number of allylic oxidation sites excluding steroid dienone is 10. The molecule has 0 aromatic heterocycles. The Morgan fingerprint density at radius 3 is 1.07 bits per heavy atom. The molecular weight excluding hydrogens is 709 g/mol. The van der Waals surface area contributed by atoms with Gasteiger partial charge in [-0.3, -0.25) is 14.4 Å². The predicted octanol–water partition coefficient (Wildman–Crippen LogP) is 15.3. The molecule has 0 rings (SSSR count). The van der Waals surface area contributed by atoms with E-state index < -0.39 is 6.10 Å². The summed E-state index contributed by atoms with van der Waals surface area (Å²) in [5.74, 6) is -0.950. The zero-order chi connectivity index (χ0) is 41.5. The molecule has 0 aromatic rings. The van der Waals surface area contributed by atoms with Gasteiger partial charge in [-0.25, -0.2) is 0 Å². The second-order valence-corrected chi connectivity index (χ2v) is 15.6. The van der Waals surface area contributed by atoms with E-state index >= 15 is 0 Å². The first kappa shape index (κ1) is 54.1. The molecular formula is C51H88O6. The third kappa shape index (κ3) is 44.1. The number of esters is 3. The van der Waals surface area contributed by atoms with E-state index in [1.54, 1.807) is 0 Å². The maximum absolute atomic E-state index is 12.7. The lowest BCUT2D eigenvalue weighted by atomic mass is 10.1. The first-order valence-electron chi connectivity index (χ1n) is 23.8. The average Bonchev–Trinajstić information content (AvgIpc) is 3.21. The highest BCUT2D eigenvalue weighted by molar-refractivity contribution is 5.71. The Kier molecular flexibility index (Phi) is 43.5. The van der Waals surface area contributed by atoms with E-state index in [0.717, 1.165) is 77.0 Å². The van der Waals surface area contributed by atoms with Gasteiger partial charge < -0.3 is 14.2 Å². The van der Waals surface area contributed by atoms with Crippen LogP contribution in [0.2, 0.25) is 0 Å². The first-order valence-corrected chi connectivity index (χ1v) is 23.8. The Bertz CT molecular complexity index is 1050. The molecule has 0 aliphatic heterocycles. The van der Waals surface area contributed by atoms with Crippen LogP contribution in [0.3, 0.4) is 0 Å². The minimum Gasteiger partial charge on any atom is -0.462 e. The average molecular weight is 797 g/mol. The van der Waals surface area contributed by atoms with Crippen LogP contribution in [0.25, 0.3) is 0 Å². The second-order valence-electron chi connectivity index (χ2n) is 15.6. The van der Waals surface area contributed by atoms with Crippen LogP contribution in [0.1, 0.15) is 226 Å². The lowest BCUT2D eigenvalue weighted by molar-refractivity contribution is -0.167. The van der Waals surface area contributed by atoms with Gasteiger partial charge >= 0.3 is 17.9 Å². The number of hydrogen-bond acceptors (Lipinski definition) is 6. The van der Waals surface area contributed by atoms with Crippen molar-refractivity contribution in [1.82, 2.24) is 0 Å². The number of hydrogen-bond donors (Lipinski definition) is 0. The molecule has 0 radical (unpaired) electrons. The van der Waals surface area contributed by atoms with Crippen molar-refractivity contribution in [2.75, 3.05) is 13.2 Å². The maximum atomic E-state index is 12.7. The van der Waals surface area contributed by atoms with Gasteiger partial charge in [-0.1, -0.05) is 210 Å². The molecule has 0 aliphatic rings. The van der Waals surface area contributed by atoms with Gasteiger partial charge in [0.2, 0.25) is 0 Å². The molecule has 0 aromatic carbocycles. The van der Waals surface area contributed by atoms with Crippen molar-refractivity contribution in [2.24, 2.45) is 0 Å². The largest absolute Gasteiger partial charge is 0.462 e. The third-order valence-corrected chi connectivity index (χ3v) is 10.0. The summed E-state index contributed by atoms with van der Waals surface area (Å²) in [6.07, 6.45) is 54.9. The molecule has 6 nitrogen and oxygen atoms in total. The summed E-state index contributed by atoms with van der Waals surface area (Å²) in [6.45, 7) is 6.45. The van der Waals surface area contributed by atoms with Crippen LogP contribution in [0.4, 0.5) is 0 Å². The van der Waals surface area contributed by atoms with Crippen molar-refractivity contribution in [3.05, 3.63) is 60.8 Å². The van der Waals surface area contributed by atoms with E-state index in [9.17, 15) is 14.4 Å². The number of carbonyl (C=O) groups excluding carboxylic acids is 3. The molecule has 0 spiro atoms. The summed E-state index contributed by atoms with van der Waals surface area (Å²) < 4.78 is 16.7. The van der Waals surface area contributed by atoms with Crippen LogP contribution < -0.4 is 0 Å². The van der Waals surface area contributed by atoms with Crippen molar-refractivity contribution in [3.63, 3.8) is 0 Å². The van der Waals surface area contributed by atoms with Crippen LogP contribution in [-0.2, 0) is 28.6 Å². The Labute approximate surface area is 351 Å². The fourth-order valence-corrected chi connectivity index (χ4v) is 6.48. The molecule has 0 saturated carbocycles. The standard InChI is InChI=1S/C51H88O6/c1-4-7-10-13-16-19-22-23-24-25-26-27-30-32-35-38-41-44-50(53)56-47-48(57-51(54)45-42-39-36-33-29-21-18-15-12-9-6-3)46-55-49(52)43-40-37-34-31-28-20-17-14-11-8-5-2/h7,10,16,19,23-24,26-27,32,35,48H,4-6,8-9,11-15,17-18,20-22,25,28-31,33-34,36-47H2,1-3H3/b10-7+,19-16+,24-23+,27-26+,35-32+. The molecule has 0 saturated heterocycles. The molecule has 0 fully saturated rings. The topological polar surface area (TPSA) is 78.9 Å². The lowest BCUT2D eigenvalue weighted by Crippen LogP contribution is -2.30. The molecule has 6 heteroatoms. The van der Waals surface area contributed by atoms with E-state index in [4.69, 9.17) is 14.2 Å². The zero-order valence-corrected chi connectivity index (χ0v) is 37.3. The van der Waals surface area contributed by atoms with Crippen LogP contribution in [0.5, 0.6) is 0 Å². The quantitative estimate of drug-likeness (QED) is 0.0265. The van der Waals surface area contributed by atoms with Crippen LogP contribution in [0, 0.1) is 0 Å². The van der Waals surface area contributed by atoms with Gasteiger partial charge in [0.25, 0.3) is 0 Å². The monoisotopic (exact) mass is 797 g/mol. The second kappa shape index (κ2) is 45.8. The Morgan fingerprint density at radius 1 is 0.368 bits per heavy atom. The van der Waals surface area contributed by atoms with Gasteiger partial charge in [0.1, 0.15) is 13.2 Å². The van der Waals surface area contributed by atoms with Gasteiger partial charge in [0.05, 0.1) is 0 Å². The van der Waals surface area contributed by atoms with Crippen molar-refractivity contribution < 1.29 is 28.6 Å². The molecule has 1 atom stereocenters. The van der Waals surface area contributed by atoms with Crippen molar-refractivity contribution in [2.45, 2.75) is 232 Å². The molecule has 0 N–H and O–H groups in total. The molecule has 0 heterocycles. The van der Waals surface area contributed by atoms with Crippen LogP contribution in [0.15, 0.2) is 60.8 Å². The van der Waals surface area contributed by atoms with E-state index in [2.05, 4.69) is 81.5 Å². The molecule has 57 heavy (non-hydrogen) atoms. The lowest BCUT2D eigenvalue weighted by Gasteiger charge is -2.18. The van der Waals surface area contributed by atoms with E-state index in [1.165, 1.54) is 103 Å². The van der Waals surface area contributed by atoms with Crippen molar-refractivity contribution in [1.29, 1.82) is 0 Å². The molecule has 328 valence electrons. The van der Waals surface area contributed by atoms with Gasteiger partial charge in [0, 0.05) is 19.3 Å². The highest BCUT2D eigenvalue weighted by atomic mass is 16.6. The number of rotatable bonds is 42. The van der Waals surface area contributed by atoms with E-state index in [-0.39, 0.29) is 37.5 Å². The summed E-state index contributed by atoms with van der Waals surface area (Å²) in [5, 5.41) is 0. The summed E-state index contributed by atoms with van der Waals surface area (Å²) in [5.41, 5.74) is 0. The maximum Gasteiger partial charge on any atom is 0.306 e. The smallest absolute Gasteiger partial charge is 0.306 e. The normalized spacial score (nSPS) is 12.5. The van der Waals surface area contributed by atoms with Crippen molar-refractivity contribution in [3.8, 4) is 0 Å². The van der Waals surface area contributed by atoms with E-state index in [1.807, 2.05) is 0 Å². The van der Waals surface area contributed by atoms with Gasteiger partial charge in [-0.2, -0.15) is 0 Å². The molecule has 1 unspecified atom stereocenters. The zero-order valence-electron chi connectivity index (χ0n) is 37.3. The summed E-state index contributed by atoms with van der Waals surface area (Å²) >= 11 is 0. The minimum absolute atomic E-state index is 0.0891. The van der Waals surface area contributed by atoms with Gasteiger partial charge in [-0.15, -0.1) is 0 Å². The van der Waals surface area contributed by atoms with Gasteiger partial charge in [0.15, 0.2) is 6.10 Å². The van der Waals surface area contributed by atoms with E-state index in [0.29, 0.717) is 19.3 Å². The van der Waals surface area contributed by atoms with Gasteiger partial charge in [-0.05, 0) is 57.8 Å².